The van der Waals surface area contributed by atoms with E-state index in [2.05, 4.69) is 12.2 Å². The van der Waals surface area contributed by atoms with Crippen molar-refractivity contribution >= 4 is 7.14 Å². The monoisotopic (exact) mass is 306 g/mol. The van der Waals surface area contributed by atoms with Crippen LogP contribution in [0.5, 0.6) is 0 Å². The van der Waals surface area contributed by atoms with Gasteiger partial charge < -0.3 is 4.57 Å². The lowest BCUT2D eigenvalue weighted by Gasteiger charge is -2.35. The molecule has 0 spiro atoms. The van der Waals surface area contributed by atoms with Crippen LogP contribution < -0.4 is 0 Å². The van der Waals surface area contributed by atoms with Gasteiger partial charge in [0.05, 0.1) is 0 Å². The first kappa shape index (κ1) is 15.6. The molecular weight excluding hydrogens is 275 g/mol. The van der Waals surface area contributed by atoms with Gasteiger partial charge in [0.2, 0.25) is 0 Å². The quantitative estimate of drug-likeness (QED) is 0.513. The summed E-state index contributed by atoms with van der Waals surface area (Å²) in [5.41, 5.74) is 0.486. The van der Waals surface area contributed by atoms with Crippen molar-refractivity contribution in [3.8, 4) is 0 Å². The molecule has 0 saturated heterocycles. The lowest BCUT2D eigenvalue weighted by molar-refractivity contribution is 0.485. The first-order valence-electron chi connectivity index (χ1n) is 9.31. The molecule has 1 nitrogen and oxygen atoms in total. The summed E-state index contributed by atoms with van der Waals surface area (Å²) in [4.78, 5) is 0. The normalized spacial score (nSPS) is 28.2. The van der Waals surface area contributed by atoms with E-state index >= 15 is 0 Å². The maximum atomic E-state index is 14.3. The fourth-order valence-corrected chi connectivity index (χ4v) is 8.70. The van der Waals surface area contributed by atoms with Gasteiger partial charge >= 0.3 is 0 Å². The standard InChI is InChI=1S/C19H31OP/c20-21(18-13-7-3-8-14-18,19-15-9-4-10-16-19)17-11-5-1-2-6-12-17/h11,13,19H,1-10,12,14-16H2. The molecule has 2 heteroatoms. The lowest BCUT2D eigenvalue weighted by atomic mass is 10.0. The molecule has 0 heterocycles. The number of hydrogen-bond acceptors (Lipinski definition) is 1. The maximum absolute atomic E-state index is 14.3. The zero-order valence-corrected chi connectivity index (χ0v) is 14.4. The second-order valence-corrected chi connectivity index (χ2v) is 10.4. The number of hydrogen-bond donors (Lipinski definition) is 0. The lowest BCUT2D eigenvalue weighted by Crippen LogP contribution is -2.16. The Labute approximate surface area is 130 Å². The van der Waals surface area contributed by atoms with Crippen molar-refractivity contribution in [2.24, 2.45) is 0 Å². The molecule has 0 aromatic carbocycles. The predicted molar refractivity (Wildman–Crippen MR) is 92.2 cm³/mol. The van der Waals surface area contributed by atoms with E-state index in [1.165, 1.54) is 87.7 Å². The van der Waals surface area contributed by atoms with Crippen LogP contribution in [0, 0.1) is 0 Å². The summed E-state index contributed by atoms with van der Waals surface area (Å²) in [5.74, 6) is 0. The Kier molecular flexibility index (Phi) is 5.43. The van der Waals surface area contributed by atoms with Gasteiger partial charge in [-0.05, 0) is 74.8 Å². The molecule has 0 radical (unpaired) electrons. The average molecular weight is 306 g/mol. The molecule has 0 aromatic rings. The van der Waals surface area contributed by atoms with E-state index in [0.29, 0.717) is 5.66 Å². The topological polar surface area (TPSA) is 17.1 Å². The average Bonchev–Trinajstić information content (AvgIpc) is 2.85. The van der Waals surface area contributed by atoms with Crippen molar-refractivity contribution in [3.05, 3.63) is 22.8 Å². The van der Waals surface area contributed by atoms with E-state index in [1.54, 1.807) is 0 Å². The van der Waals surface area contributed by atoms with Crippen LogP contribution >= 0.6 is 7.14 Å². The van der Waals surface area contributed by atoms with Crippen LogP contribution in [0.4, 0.5) is 0 Å². The van der Waals surface area contributed by atoms with Gasteiger partial charge in [0.1, 0.15) is 7.14 Å². The largest absolute Gasteiger partial charge is 0.314 e. The van der Waals surface area contributed by atoms with E-state index in [1.807, 2.05) is 0 Å². The summed E-state index contributed by atoms with van der Waals surface area (Å²) in [6.07, 6.45) is 22.2. The van der Waals surface area contributed by atoms with E-state index < -0.39 is 7.14 Å². The minimum absolute atomic E-state index is 0.486. The summed E-state index contributed by atoms with van der Waals surface area (Å²) in [7, 11) is -2.25. The fourth-order valence-electron chi connectivity index (χ4n) is 4.52. The molecule has 0 aliphatic heterocycles. The minimum Gasteiger partial charge on any atom is -0.314 e. The Balaban J connectivity index is 1.94. The van der Waals surface area contributed by atoms with Crippen molar-refractivity contribution in [3.63, 3.8) is 0 Å². The highest BCUT2D eigenvalue weighted by Gasteiger charge is 2.40. The smallest absolute Gasteiger partial charge is 0.137 e. The van der Waals surface area contributed by atoms with Gasteiger partial charge in [-0.2, -0.15) is 0 Å². The molecule has 3 aliphatic rings. The summed E-state index contributed by atoms with van der Waals surface area (Å²) in [5, 5.41) is 2.77. The molecule has 0 bridgehead atoms. The molecule has 1 fully saturated rings. The SMILES string of the molecule is O=P(C1=CCCCC1)(C1=CCCCCC1)C1CCCCC1. The molecular formula is C19H31OP. The van der Waals surface area contributed by atoms with Gasteiger partial charge in [0.15, 0.2) is 0 Å². The Morgan fingerprint density at radius 1 is 0.714 bits per heavy atom. The second kappa shape index (κ2) is 7.32. The zero-order chi connectivity index (χ0) is 14.5. The molecule has 1 unspecified atom stereocenters. The fraction of sp³-hybridized carbons (Fsp3) is 0.789. The highest BCUT2D eigenvalue weighted by atomic mass is 31.2. The van der Waals surface area contributed by atoms with E-state index in [-0.39, 0.29) is 0 Å². The van der Waals surface area contributed by atoms with Crippen LogP contribution in [0.1, 0.15) is 89.9 Å². The molecule has 3 rings (SSSR count). The van der Waals surface area contributed by atoms with Crippen LogP contribution in [0.2, 0.25) is 0 Å². The molecule has 0 amide bonds. The molecule has 1 saturated carbocycles. The van der Waals surface area contributed by atoms with Crippen LogP contribution in [-0.4, -0.2) is 5.66 Å². The molecule has 0 N–H and O–H groups in total. The highest BCUT2D eigenvalue weighted by Crippen LogP contribution is 2.70. The first-order valence-corrected chi connectivity index (χ1v) is 11.1. The van der Waals surface area contributed by atoms with Crippen LogP contribution in [-0.2, 0) is 4.57 Å². The van der Waals surface area contributed by atoms with Gasteiger partial charge in [-0.25, -0.2) is 0 Å². The van der Waals surface area contributed by atoms with Gasteiger partial charge in [-0.1, -0.05) is 37.8 Å². The molecule has 118 valence electrons. The van der Waals surface area contributed by atoms with Gasteiger partial charge in [0.25, 0.3) is 0 Å². The molecule has 21 heavy (non-hydrogen) atoms. The third-order valence-electron chi connectivity index (χ3n) is 5.73. The van der Waals surface area contributed by atoms with Crippen molar-refractivity contribution in [2.75, 3.05) is 0 Å². The molecule has 0 aromatic heterocycles. The van der Waals surface area contributed by atoms with Crippen LogP contribution in [0.3, 0.4) is 0 Å². The Bertz CT molecular complexity index is 454. The summed E-state index contributed by atoms with van der Waals surface area (Å²) in [6.45, 7) is 0. The minimum atomic E-state index is -2.25. The van der Waals surface area contributed by atoms with Gasteiger partial charge in [-0.15, -0.1) is 0 Å². The number of rotatable bonds is 3. The molecule has 3 aliphatic carbocycles. The van der Waals surface area contributed by atoms with Crippen molar-refractivity contribution in [1.29, 1.82) is 0 Å². The zero-order valence-electron chi connectivity index (χ0n) is 13.5. The van der Waals surface area contributed by atoms with E-state index in [0.717, 1.165) is 12.8 Å². The summed E-state index contributed by atoms with van der Waals surface area (Å²) in [6, 6.07) is 0. The maximum Gasteiger partial charge on any atom is 0.137 e. The van der Waals surface area contributed by atoms with Crippen molar-refractivity contribution in [2.45, 2.75) is 95.6 Å². The van der Waals surface area contributed by atoms with Crippen LogP contribution in [0.25, 0.3) is 0 Å². The number of allylic oxidation sites excluding steroid dienone is 4. The Morgan fingerprint density at radius 2 is 1.24 bits per heavy atom. The highest BCUT2D eigenvalue weighted by molar-refractivity contribution is 7.72. The van der Waals surface area contributed by atoms with E-state index in [4.69, 9.17) is 0 Å². The van der Waals surface area contributed by atoms with Crippen LogP contribution in [0.15, 0.2) is 22.8 Å². The Morgan fingerprint density at radius 3 is 1.90 bits per heavy atom. The first-order chi connectivity index (χ1) is 10.3. The van der Waals surface area contributed by atoms with Gasteiger partial charge in [0, 0.05) is 5.66 Å². The molecule has 1 atom stereocenters. The van der Waals surface area contributed by atoms with E-state index in [9.17, 15) is 4.57 Å². The third kappa shape index (κ3) is 3.39. The van der Waals surface area contributed by atoms with Gasteiger partial charge in [-0.3, -0.25) is 0 Å². The predicted octanol–water partition coefficient (Wildman–Crippen LogP) is 6.99. The third-order valence-corrected chi connectivity index (χ3v) is 9.79. The van der Waals surface area contributed by atoms with Crippen molar-refractivity contribution in [1.82, 2.24) is 0 Å². The Hall–Kier alpha value is -0.290. The van der Waals surface area contributed by atoms with Crippen molar-refractivity contribution < 1.29 is 4.57 Å². The second-order valence-electron chi connectivity index (χ2n) is 7.19. The summed E-state index contributed by atoms with van der Waals surface area (Å²) < 4.78 is 14.3. The summed E-state index contributed by atoms with van der Waals surface area (Å²) >= 11 is 0.